The van der Waals surface area contributed by atoms with Crippen LogP contribution in [0.4, 0.5) is 10.1 Å². The van der Waals surface area contributed by atoms with Crippen molar-refractivity contribution in [3.05, 3.63) is 58.9 Å². The second-order valence-electron chi connectivity index (χ2n) is 4.98. The molecule has 0 aliphatic carbocycles. The SMILES string of the molecule is CNS(=O)(=O)c1cccc(C(=O)OCC(=O)Nc2cc(Cl)ccc2F)c1. The molecule has 0 radical (unpaired) electrons. The van der Waals surface area contributed by atoms with Gasteiger partial charge in [-0.2, -0.15) is 0 Å². The summed E-state index contributed by atoms with van der Waals surface area (Å²) >= 11 is 5.71. The van der Waals surface area contributed by atoms with Crippen LogP contribution in [0.5, 0.6) is 0 Å². The van der Waals surface area contributed by atoms with Crippen LogP contribution in [0.3, 0.4) is 0 Å². The number of halogens is 2. The van der Waals surface area contributed by atoms with Crippen molar-refractivity contribution in [2.45, 2.75) is 4.90 Å². The van der Waals surface area contributed by atoms with E-state index < -0.39 is 34.3 Å². The maximum Gasteiger partial charge on any atom is 0.338 e. The van der Waals surface area contributed by atoms with E-state index in [4.69, 9.17) is 16.3 Å². The van der Waals surface area contributed by atoms with Gasteiger partial charge in [0.15, 0.2) is 6.61 Å². The molecule has 0 aliphatic rings. The second kappa shape index (κ2) is 8.26. The zero-order chi connectivity index (χ0) is 19.3. The van der Waals surface area contributed by atoms with Crippen molar-refractivity contribution < 1.29 is 27.1 Å². The summed E-state index contributed by atoms with van der Waals surface area (Å²) in [4.78, 5) is 23.6. The zero-order valence-electron chi connectivity index (χ0n) is 13.5. The van der Waals surface area contributed by atoms with Crippen LogP contribution in [0.15, 0.2) is 47.4 Å². The average Bonchev–Trinajstić information content (AvgIpc) is 2.63. The Balaban J connectivity index is 2.01. The van der Waals surface area contributed by atoms with E-state index in [1.807, 2.05) is 0 Å². The normalized spacial score (nSPS) is 11.0. The molecule has 2 aromatic rings. The molecule has 0 saturated heterocycles. The number of amides is 1. The minimum Gasteiger partial charge on any atom is -0.452 e. The van der Waals surface area contributed by atoms with E-state index in [1.54, 1.807) is 0 Å². The Morgan fingerprint density at radius 3 is 2.62 bits per heavy atom. The number of carbonyl (C=O) groups excluding carboxylic acids is 2. The lowest BCUT2D eigenvalue weighted by Gasteiger charge is -2.08. The van der Waals surface area contributed by atoms with Crippen LogP contribution < -0.4 is 10.0 Å². The van der Waals surface area contributed by atoms with Crippen molar-refractivity contribution in [3.63, 3.8) is 0 Å². The molecule has 138 valence electrons. The Morgan fingerprint density at radius 1 is 1.19 bits per heavy atom. The molecule has 0 saturated carbocycles. The van der Waals surface area contributed by atoms with Crippen LogP contribution in [0.1, 0.15) is 10.4 Å². The summed E-state index contributed by atoms with van der Waals surface area (Å²) in [6.07, 6.45) is 0. The first-order valence-electron chi connectivity index (χ1n) is 7.18. The van der Waals surface area contributed by atoms with E-state index in [1.165, 1.54) is 37.4 Å². The Kier molecular flexibility index (Phi) is 6.30. The van der Waals surface area contributed by atoms with Gasteiger partial charge in [-0.15, -0.1) is 0 Å². The number of esters is 1. The highest BCUT2D eigenvalue weighted by molar-refractivity contribution is 7.89. The highest BCUT2D eigenvalue weighted by Crippen LogP contribution is 2.19. The number of benzene rings is 2. The largest absolute Gasteiger partial charge is 0.452 e. The fourth-order valence-electron chi connectivity index (χ4n) is 1.90. The molecule has 2 aromatic carbocycles. The number of carbonyl (C=O) groups is 2. The quantitative estimate of drug-likeness (QED) is 0.724. The van der Waals surface area contributed by atoms with Gasteiger partial charge < -0.3 is 10.1 Å². The first kappa shape index (κ1) is 19.8. The van der Waals surface area contributed by atoms with Gasteiger partial charge in [0.25, 0.3) is 5.91 Å². The Morgan fingerprint density at radius 2 is 1.92 bits per heavy atom. The van der Waals surface area contributed by atoms with E-state index in [0.717, 1.165) is 12.1 Å². The lowest BCUT2D eigenvalue weighted by atomic mass is 10.2. The third kappa shape index (κ3) is 5.01. The molecular formula is C16H14ClFN2O5S. The van der Waals surface area contributed by atoms with Gasteiger partial charge in [0.1, 0.15) is 5.82 Å². The summed E-state index contributed by atoms with van der Waals surface area (Å²) in [7, 11) is -2.49. The van der Waals surface area contributed by atoms with Gasteiger partial charge in [-0.05, 0) is 43.4 Å². The molecule has 0 heterocycles. The van der Waals surface area contributed by atoms with E-state index >= 15 is 0 Å². The van der Waals surface area contributed by atoms with Gasteiger partial charge in [0.2, 0.25) is 10.0 Å². The number of sulfonamides is 1. The number of hydrogen-bond donors (Lipinski definition) is 2. The minimum atomic E-state index is -3.73. The number of rotatable bonds is 6. The molecule has 0 atom stereocenters. The van der Waals surface area contributed by atoms with Gasteiger partial charge in [-0.1, -0.05) is 17.7 Å². The molecule has 0 aliphatic heterocycles. The topological polar surface area (TPSA) is 102 Å². The van der Waals surface area contributed by atoms with Gasteiger partial charge in [0, 0.05) is 5.02 Å². The molecule has 0 bridgehead atoms. The predicted octanol–water partition coefficient (Wildman–Crippen LogP) is 2.18. The van der Waals surface area contributed by atoms with Crippen molar-refractivity contribution in [1.82, 2.24) is 4.72 Å². The minimum absolute atomic E-state index is 0.0527. The summed E-state index contributed by atoms with van der Waals surface area (Å²) in [5.41, 5.74) is -0.205. The number of anilines is 1. The standard InChI is InChI=1S/C16H14ClFN2O5S/c1-19-26(23,24)12-4-2-3-10(7-12)16(22)25-9-15(21)20-14-8-11(17)5-6-13(14)18/h2-8,19H,9H2,1H3,(H,20,21). The maximum atomic E-state index is 13.5. The molecule has 7 nitrogen and oxygen atoms in total. The van der Waals surface area contributed by atoms with Gasteiger partial charge in [-0.3, -0.25) is 4.79 Å². The third-order valence-electron chi connectivity index (χ3n) is 3.19. The van der Waals surface area contributed by atoms with Crippen molar-refractivity contribution in [2.24, 2.45) is 0 Å². The van der Waals surface area contributed by atoms with E-state index in [9.17, 15) is 22.4 Å². The lowest BCUT2D eigenvalue weighted by Crippen LogP contribution is -2.22. The first-order chi connectivity index (χ1) is 12.2. The van der Waals surface area contributed by atoms with E-state index in [-0.39, 0.29) is 21.2 Å². The summed E-state index contributed by atoms with van der Waals surface area (Å²) in [6.45, 7) is -0.687. The molecule has 2 N–H and O–H groups in total. The maximum absolute atomic E-state index is 13.5. The molecule has 0 aromatic heterocycles. The van der Waals surface area contributed by atoms with Crippen LogP contribution in [-0.4, -0.2) is 33.9 Å². The van der Waals surface area contributed by atoms with Crippen LogP contribution in [-0.2, 0) is 19.6 Å². The highest BCUT2D eigenvalue weighted by Gasteiger charge is 2.16. The van der Waals surface area contributed by atoms with E-state index in [0.29, 0.717) is 0 Å². The molecule has 0 unspecified atom stereocenters. The smallest absolute Gasteiger partial charge is 0.338 e. The molecule has 2 rings (SSSR count). The fourth-order valence-corrected chi connectivity index (χ4v) is 2.85. The van der Waals surface area contributed by atoms with Crippen LogP contribution >= 0.6 is 11.6 Å². The van der Waals surface area contributed by atoms with Crippen LogP contribution in [0, 0.1) is 5.82 Å². The predicted molar refractivity (Wildman–Crippen MR) is 93.0 cm³/mol. The molecule has 0 spiro atoms. The molecule has 10 heteroatoms. The Hall–Kier alpha value is -2.49. The van der Waals surface area contributed by atoms with Gasteiger partial charge in [-0.25, -0.2) is 22.3 Å². The number of ether oxygens (including phenoxy) is 1. The summed E-state index contributed by atoms with van der Waals surface area (Å²) in [6, 6.07) is 8.73. The monoisotopic (exact) mass is 400 g/mol. The second-order valence-corrected chi connectivity index (χ2v) is 7.31. The van der Waals surface area contributed by atoms with Crippen molar-refractivity contribution in [1.29, 1.82) is 0 Å². The lowest BCUT2D eigenvalue weighted by molar-refractivity contribution is -0.119. The average molecular weight is 401 g/mol. The van der Waals surface area contributed by atoms with Crippen molar-refractivity contribution >= 4 is 39.2 Å². The van der Waals surface area contributed by atoms with E-state index in [2.05, 4.69) is 10.0 Å². The van der Waals surface area contributed by atoms with Crippen LogP contribution in [0.25, 0.3) is 0 Å². The van der Waals surface area contributed by atoms with Crippen molar-refractivity contribution in [3.8, 4) is 0 Å². The Bertz CT molecular complexity index is 949. The number of hydrogen-bond acceptors (Lipinski definition) is 5. The van der Waals surface area contributed by atoms with Gasteiger partial charge >= 0.3 is 5.97 Å². The highest BCUT2D eigenvalue weighted by atomic mass is 35.5. The van der Waals surface area contributed by atoms with Crippen LogP contribution in [0.2, 0.25) is 5.02 Å². The zero-order valence-corrected chi connectivity index (χ0v) is 15.0. The number of nitrogens with one attached hydrogen (secondary N) is 2. The Labute approximate surface area is 154 Å². The molecule has 0 fully saturated rings. The van der Waals surface area contributed by atoms with Crippen molar-refractivity contribution in [2.75, 3.05) is 19.0 Å². The summed E-state index contributed by atoms with van der Waals surface area (Å²) in [5.74, 6) is -2.38. The molecule has 26 heavy (non-hydrogen) atoms. The third-order valence-corrected chi connectivity index (χ3v) is 4.83. The summed E-state index contributed by atoms with van der Waals surface area (Å²) in [5, 5.41) is 2.44. The molecule has 1 amide bonds. The van der Waals surface area contributed by atoms with Gasteiger partial charge in [0.05, 0.1) is 16.1 Å². The molecular weight excluding hydrogens is 387 g/mol. The summed E-state index contributed by atoms with van der Waals surface area (Å²) < 4.78 is 43.9. The first-order valence-corrected chi connectivity index (χ1v) is 9.04. The fraction of sp³-hybridized carbons (Fsp3) is 0.125.